The minimum Gasteiger partial charge on any atom is -0.355 e. The van der Waals surface area contributed by atoms with Crippen molar-refractivity contribution < 1.29 is 0 Å². The van der Waals surface area contributed by atoms with E-state index in [1.54, 1.807) is 24.8 Å². The number of hydrogen-bond donors (Lipinski definition) is 0. The Kier molecular flexibility index (Phi) is 3.81. The van der Waals surface area contributed by atoms with Crippen molar-refractivity contribution in [2.24, 2.45) is 5.41 Å². The molecule has 0 atom stereocenters. The molecule has 0 aromatic carbocycles. The third-order valence-corrected chi connectivity index (χ3v) is 5.23. The summed E-state index contributed by atoms with van der Waals surface area (Å²) in [5.41, 5.74) is 0.411. The van der Waals surface area contributed by atoms with Gasteiger partial charge in [0.2, 0.25) is 0 Å². The third-order valence-electron chi connectivity index (χ3n) is 5.23. The quantitative estimate of drug-likeness (QED) is 0.847. The Balaban J connectivity index is 1.44. The molecule has 6 nitrogen and oxygen atoms in total. The lowest BCUT2D eigenvalue weighted by atomic mass is 9.72. The van der Waals surface area contributed by atoms with E-state index >= 15 is 0 Å². The van der Waals surface area contributed by atoms with Crippen LogP contribution >= 0.6 is 0 Å². The van der Waals surface area contributed by atoms with Crippen LogP contribution in [0.25, 0.3) is 0 Å². The minimum atomic E-state index is 0.411. The first-order valence-corrected chi connectivity index (χ1v) is 8.37. The van der Waals surface area contributed by atoms with Crippen LogP contribution in [0.15, 0.2) is 37.2 Å². The maximum Gasteiger partial charge on any atom is 0.147 e. The summed E-state index contributed by atoms with van der Waals surface area (Å²) < 4.78 is 0. The van der Waals surface area contributed by atoms with Gasteiger partial charge in [0.05, 0.1) is 12.4 Å². The Morgan fingerprint density at radius 1 is 0.739 bits per heavy atom. The molecule has 2 aromatic rings. The van der Waals surface area contributed by atoms with Gasteiger partial charge in [0.25, 0.3) is 0 Å². The molecule has 6 heteroatoms. The van der Waals surface area contributed by atoms with Gasteiger partial charge in [0.15, 0.2) is 0 Å². The summed E-state index contributed by atoms with van der Waals surface area (Å²) in [6.07, 6.45) is 15.7. The molecule has 120 valence electrons. The van der Waals surface area contributed by atoms with E-state index in [4.69, 9.17) is 0 Å². The lowest BCUT2D eigenvalue weighted by molar-refractivity contribution is 0.178. The van der Waals surface area contributed by atoms with Crippen LogP contribution in [0.3, 0.4) is 0 Å². The van der Waals surface area contributed by atoms with Gasteiger partial charge < -0.3 is 9.80 Å². The Labute approximate surface area is 136 Å². The molecule has 0 amide bonds. The molecule has 0 unspecified atom stereocenters. The number of rotatable bonds is 2. The molecule has 2 aliphatic heterocycles. The number of hydrogen-bond acceptors (Lipinski definition) is 6. The van der Waals surface area contributed by atoms with Gasteiger partial charge in [-0.1, -0.05) is 0 Å². The van der Waals surface area contributed by atoms with Crippen molar-refractivity contribution in [1.82, 2.24) is 19.9 Å². The predicted molar refractivity (Wildman–Crippen MR) is 89.4 cm³/mol. The van der Waals surface area contributed by atoms with E-state index in [-0.39, 0.29) is 0 Å². The first kappa shape index (κ1) is 14.4. The molecule has 2 aliphatic rings. The van der Waals surface area contributed by atoms with E-state index < -0.39 is 0 Å². The largest absolute Gasteiger partial charge is 0.355 e. The molecular weight excluding hydrogens is 288 g/mol. The lowest BCUT2D eigenvalue weighted by Gasteiger charge is -2.48. The lowest BCUT2D eigenvalue weighted by Crippen LogP contribution is -2.50. The Morgan fingerprint density at radius 3 is 2.00 bits per heavy atom. The summed E-state index contributed by atoms with van der Waals surface area (Å²) in [5.74, 6) is 2.02. The highest BCUT2D eigenvalue weighted by molar-refractivity contribution is 5.38. The van der Waals surface area contributed by atoms with Crippen LogP contribution < -0.4 is 9.80 Å². The second-order valence-electron chi connectivity index (χ2n) is 6.64. The zero-order valence-corrected chi connectivity index (χ0v) is 13.3. The first-order valence-electron chi connectivity index (χ1n) is 8.37. The molecule has 2 aromatic heterocycles. The van der Waals surface area contributed by atoms with Crippen molar-refractivity contribution >= 4 is 11.6 Å². The number of anilines is 2. The molecule has 0 aliphatic carbocycles. The summed E-state index contributed by atoms with van der Waals surface area (Å²) in [6.45, 7) is 4.31. The van der Waals surface area contributed by atoms with E-state index in [9.17, 15) is 0 Å². The summed E-state index contributed by atoms with van der Waals surface area (Å²) in [6, 6.07) is 0. The van der Waals surface area contributed by atoms with Crippen molar-refractivity contribution in [1.29, 1.82) is 0 Å². The smallest absolute Gasteiger partial charge is 0.147 e. The Hall–Kier alpha value is -2.24. The van der Waals surface area contributed by atoms with Gasteiger partial charge in [0, 0.05) is 51.0 Å². The summed E-state index contributed by atoms with van der Waals surface area (Å²) in [4.78, 5) is 22.1. The molecule has 4 heterocycles. The third kappa shape index (κ3) is 2.98. The van der Waals surface area contributed by atoms with E-state index in [0.29, 0.717) is 5.41 Å². The fraction of sp³-hybridized carbons (Fsp3) is 0.529. The fourth-order valence-electron chi connectivity index (χ4n) is 3.93. The fourth-order valence-corrected chi connectivity index (χ4v) is 3.93. The molecular formula is C17H22N6. The molecule has 0 saturated carbocycles. The van der Waals surface area contributed by atoms with Crippen LogP contribution in [0.5, 0.6) is 0 Å². The maximum atomic E-state index is 4.48. The van der Waals surface area contributed by atoms with Crippen molar-refractivity contribution in [2.75, 3.05) is 36.0 Å². The van der Waals surface area contributed by atoms with Gasteiger partial charge in [-0.15, -0.1) is 0 Å². The molecule has 0 N–H and O–H groups in total. The van der Waals surface area contributed by atoms with Gasteiger partial charge in [-0.3, -0.25) is 9.97 Å². The monoisotopic (exact) mass is 310 g/mol. The minimum absolute atomic E-state index is 0.411. The number of piperidine rings is 2. The highest BCUT2D eigenvalue weighted by Crippen LogP contribution is 2.41. The Bertz CT molecular complexity index is 624. The molecule has 1 spiro atoms. The van der Waals surface area contributed by atoms with Crippen LogP contribution in [0.4, 0.5) is 11.6 Å². The first-order chi connectivity index (χ1) is 11.3. The predicted octanol–water partition coefficient (Wildman–Crippen LogP) is 2.15. The van der Waals surface area contributed by atoms with Crippen molar-refractivity contribution in [3.05, 3.63) is 37.2 Å². The van der Waals surface area contributed by atoms with Gasteiger partial charge in [-0.2, -0.15) is 0 Å². The summed E-state index contributed by atoms with van der Waals surface area (Å²) in [5, 5.41) is 0. The highest BCUT2D eigenvalue weighted by Gasteiger charge is 2.39. The molecule has 2 fully saturated rings. The Morgan fingerprint density at radius 2 is 1.39 bits per heavy atom. The molecule has 0 bridgehead atoms. The van der Waals surface area contributed by atoms with E-state index in [1.165, 1.54) is 25.7 Å². The molecule has 23 heavy (non-hydrogen) atoms. The topological polar surface area (TPSA) is 58.0 Å². The normalized spacial score (nSPS) is 20.7. The van der Waals surface area contributed by atoms with Gasteiger partial charge in [-0.05, 0) is 31.1 Å². The number of aromatic nitrogens is 4. The van der Waals surface area contributed by atoms with Crippen molar-refractivity contribution in [3.8, 4) is 0 Å². The van der Waals surface area contributed by atoms with Crippen LogP contribution in [0.1, 0.15) is 25.7 Å². The maximum absolute atomic E-state index is 4.48. The second kappa shape index (κ2) is 6.10. The van der Waals surface area contributed by atoms with E-state index in [2.05, 4.69) is 29.7 Å². The van der Waals surface area contributed by atoms with Crippen LogP contribution in [0.2, 0.25) is 0 Å². The van der Waals surface area contributed by atoms with Gasteiger partial charge in [0.1, 0.15) is 11.6 Å². The number of nitrogens with zero attached hydrogens (tertiary/aromatic N) is 6. The zero-order valence-electron chi connectivity index (χ0n) is 13.3. The average molecular weight is 310 g/mol. The average Bonchev–Trinajstić information content (AvgIpc) is 2.64. The van der Waals surface area contributed by atoms with Crippen LogP contribution in [-0.2, 0) is 0 Å². The van der Waals surface area contributed by atoms with E-state index in [1.807, 2.05) is 12.4 Å². The van der Waals surface area contributed by atoms with Gasteiger partial charge in [-0.25, -0.2) is 9.97 Å². The molecule has 2 saturated heterocycles. The highest BCUT2D eigenvalue weighted by atomic mass is 15.2. The summed E-state index contributed by atoms with van der Waals surface area (Å²) in [7, 11) is 0. The van der Waals surface area contributed by atoms with Crippen LogP contribution in [-0.4, -0.2) is 46.1 Å². The van der Waals surface area contributed by atoms with Crippen LogP contribution in [0, 0.1) is 5.41 Å². The van der Waals surface area contributed by atoms with E-state index in [0.717, 1.165) is 37.8 Å². The SMILES string of the molecule is c1cnc(N2CCC3(CCCN(c4cnccn4)C3)CC2)cn1. The van der Waals surface area contributed by atoms with Crippen molar-refractivity contribution in [2.45, 2.75) is 25.7 Å². The molecule has 4 rings (SSSR count). The summed E-state index contributed by atoms with van der Waals surface area (Å²) >= 11 is 0. The zero-order chi connectivity index (χ0) is 15.5. The van der Waals surface area contributed by atoms with Crippen molar-refractivity contribution in [3.63, 3.8) is 0 Å². The second-order valence-corrected chi connectivity index (χ2v) is 6.64. The standard InChI is InChI=1S/C17H22N6/c1-2-17(14-23(9-1)16-13-19-6-8-21-16)3-10-22(11-4-17)15-12-18-5-7-20-15/h5-8,12-13H,1-4,9-11,14H2. The van der Waals surface area contributed by atoms with Gasteiger partial charge >= 0.3 is 0 Å². The molecule has 0 radical (unpaired) electrons.